The normalized spacial score (nSPS) is 15.2. The van der Waals surface area contributed by atoms with Crippen molar-refractivity contribution in [3.63, 3.8) is 0 Å². The summed E-state index contributed by atoms with van der Waals surface area (Å²) in [5.74, 6) is 0. The Morgan fingerprint density at radius 3 is 2.55 bits per heavy atom. The molecule has 5 rings (SSSR count). The van der Waals surface area contributed by atoms with E-state index in [0.717, 1.165) is 0 Å². The second kappa shape index (κ2) is 3.94. The smallest absolute Gasteiger partial charge is 0.0974 e. The Morgan fingerprint density at radius 2 is 1.60 bits per heavy atom. The molecule has 2 aliphatic heterocycles. The summed E-state index contributed by atoms with van der Waals surface area (Å²) >= 11 is 3.64. The number of rotatable bonds is 0. The van der Waals surface area contributed by atoms with Crippen molar-refractivity contribution in [3.05, 3.63) is 58.3 Å². The van der Waals surface area contributed by atoms with Gasteiger partial charge in [-0.15, -0.1) is 0 Å². The molecule has 0 N–H and O–H groups in total. The molecule has 0 aromatic heterocycles. The molecule has 2 heterocycles. The maximum Gasteiger partial charge on any atom is 0.277 e. The minimum atomic E-state index is 1.37. The fourth-order valence-corrected chi connectivity index (χ4v) is 4.92. The number of benzene rings is 3. The van der Waals surface area contributed by atoms with Crippen LogP contribution in [0.15, 0.2) is 57.0 Å². The summed E-state index contributed by atoms with van der Waals surface area (Å²) < 4.78 is 0. The van der Waals surface area contributed by atoms with Gasteiger partial charge in [0.2, 0.25) is 4.90 Å². The van der Waals surface area contributed by atoms with Crippen molar-refractivity contribution in [3.8, 4) is 0 Å². The van der Waals surface area contributed by atoms with E-state index in [-0.39, 0.29) is 0 Å². The SMILES string of the molecule is C1=Cc2c3c4c(cccc4c4cccc(c24)S1)[S+]C=C3. The molecule has 0 spiro atoms. The van der Waals surface area contributed by atoms with Gasteiger partial charge >= 0.3 is 0 Å². The third-order valence-corrected chi connectivity index (χ3v) is 5.76. The number of fused-ring (bicyclic) bond motifs is 2. The first-order valence-corrected chi connectivity index (χ1v) is 8.37. The van der Waals surface area contributed by atoms with Crippen LogP contribution in [0.25, 0.3) is 33.7 Å². The van der Waals surface area contributed by atoms with Gasteiger partial charge in [-0.2, -0.15) is 0 Å². The van der Waals surface area contributed by atoms with Crippen molar-refractivity contribution < 1.29 is 0 Å². The zero-order chi connectivity index (χ0) is 13.1. The molecule has 0 aliphatic carbocycles. The summed E-state index contributed by atoms with van der Waals surface area (Å²) in [6.07, 6.45) is 4.54. The second-order valence-corrected chi connectivity index (χ2v) is 6.92. The lowest BCUT2D eigenvalue weighted by Gasteiger charge is -2.18. The minimum Gasteiger partial charge on any atom is -0.0974 e. The maximum atomic E-state index is 2.27. The Labute approximate surface area is 125 Å². The molecule has 1 radical (unpaired) electrons. The molecular formula is C18H10S2+. The Hall–Kier alpha value is -1.64. The topological polar surface area (TPSA) is 0 Å². The molecule has 93 valence electrons. The van der Waals surface area contributed by atoms with Crippen LogP contribution in [-0.2, 0) is 11.8 Å². The van der Waals surface area contributed by atoms with Crippen molar-refractivity contribution in [2.45, 2.75) is 9.79 Å². The van der Waals surface area contributed by atoms with Gasteiger partial charge in [-0.3, -0.25) is 0 Å². The third-order valence-electron chi connectivity index (χ3n) is 4.03. The largest absolute Gasteiger partial charge is 0.277 e. The molecule has 0 saturated carbocycles. The third kappa shape index (κ3) is 1.31. The molecule has 0 unspecified atom stereocenters. The van der Waals surface area contributed by atoms with Gasteiger partial charge in [0.05, 0.1) is 5.39 Å². The highest BCUT2D eigenvalue weighted by Crippen LogP contribution is 2.44. The summed E-state index contributed by atoms with van der Waals surface area (Å²) in [5, 5.41) is 10.00. The zero-order valence-corrected chi connectivity index (χ0v) is 12.2. The summed E-state index contributed by atoms with van der Waals surface area (Å²) in [6.45, 7) is 0. The summed E-state index contributed by atoms with van der Waals surface area (Å²) in [6, 6.07) is 13.3. The fraction of sp³-hybridized carbons (Fsp3) is 0. The number of hydrogen-bond donors (Lipinski definition) is 0. The Morgan fingerprint density at radius 1 is 0.800 bits per heavy atom. The number of hydrogen-bond acceptors (Lipinski definition) is 2. The highest BCUT2D eigenvalue weighted by molar-refractivity contribution is 8.02. The quantitative estimate of drug-likeness (QED) is 0.396. The van der Waals surface area contributed by atoms with Crippen molar-refractivity contribution in [2.24, 2.45) is 0 Å². The van der Waals surface area contributed by atoms with Gasteiger partial charge in [-0.25, -0.2) is 0 Å². The Balaban J connectivity index is 2.18. The first-order chi connectivity index (χ1) is 9.93. The molecule has 0 bridgehead atoms. The lowest BCUT2D eigenvalue weighted by molar-refractivity contribution is 1.50. The van der Waals surface area contributed by atoms with Gasteiger partial charge in [0.15, 0.2) is 5.41 Å². The summed E-state index contributed by atoms with van der Waals surface area (Å²) in [4.78, 5) is 2.74. The van der Waals surface area contributed by atoms with Crippen LogP contribution in [0.2, 0.25) is 0 Å². The first kappa shape index (κ1) is 11.1. The van der Waals surface area contributed by atoms with Gasteiger partial charge in [-0.05, 0) is 51.6 Å². The lowest BCUT2D eigenvalue weighted by atomic mass is 9.91. The van der Waals surface area contributed by atoms with Crippen LogP contribution in [0.5, 0.6) is 0 Å². The van der Waals surface area contributed by atoms with Crippen molar-refractivity contribution in [1.82, 2.24) is 0 Å². The van der Waals surface area contributed by atoms with E-state index in [0.29, 0.717) is 0 Å². The zero-order valence-electron chi connectivity index (χ0n) is 10.6. The molecule has 0 atom stereocenters. The minimum absolute atomic E-state index is 1.37. The molecule has 3 aromatic carbocycles. The highest BCUT2D eigenvalue weighted by Gasteiger charge is 2.25. The van der Waals surface area contributed by atoms with Gasteiger partial charge in [-0.1, -0.05) is 36.0 Å². The van der Waals surface area contributed by atoms with E-state index in [1.54, 1.807) is 0 Å². The van der Waals surface area contributed by atoms with E-state index in [4.69, 9.17) is 0 Å². The van der Waals surface area contributed by atoms with Crippen LogP contribution in [0, 0.1) is 0 Å². The standard InChI is InChI=1S/C18H10S2/c1-3-11-12-4-2-6-16-18(12)14(8-10-20-16)13-7-9-19-15(5-1)17(11)13/h1-10H/q+1. The van der Waals surface area contributed by atoms with E-state index >= 15 is 0 Å². The molecule has 0 nitrogen and oxygen atoms in total. The lowest BCUT2D eigenvalue weighted by Crippen LogP contribution is -1.97. The van der Waals surface area contributed by atoms with Crippen LogP contribution in [0.1, 0.15) is 11.1 Å². The Bertz CT molecular complexity index is 870. The van der Waals surface area contributed by atoms with E-state index in [1.807, 2.05) is 23.5 Å². The monoisotopic (exact) mass is 290 g/mol. The average molecular weight is 290 g/mol. The molecule has 0 fully saturated rings. The van der Waals surface area contributed by atoms with Gasteiger partial charge in [0.25, 0.3) is 11.8 Å². The van der Waals surface area contributed by atoms with E-state index in [1.165, 1.54) is 42.5 Å². The molecule has 20 heavy (non-hydrogen) atoms. The predicted octanol–water partition coefficient (Wildman–Crippen LogP) is 5.50. The van der Waals surface area contributed by atoms with Crippen molar-refractivity contribution >= 4 is 57.2 Å². The molecule has 0 amide bonds. The highest BCUT2D eigenvalue weighted by atomic mass is 32.2. The van der Waals surface area contributed by atoms with Crippen LogP contribution >= 0.6 is 11.8 Å². The van der Waals surface area contributed by atoms with Gasteiger partial charge in [0, 0.05) is 10.3 Å². The Kier molecular flexibility index (Phi) is 2.18. The van der Waals surface area contributed by atoms with Gasteiger partial charge in [0.1, 0.15) is 0 Å². The van der Waals surface area contributed by atoms with E-state index in [2.05, 4.69) is 59.4 Å². The average Bonchev–Trinajstić information content (AvgIpc) is 2.52. The second-order valence-electron chi connectivity index (χ2n) is 5.03. The molecular weight excluding hydrogens is 280 g/mol. The van der Waals surface area contributed by atoms with Crippen LogP contribution in [0.4, 0.5) is 0 Å². The molecule has 2 aliphatic rings. The molecule has 0 saturated heterocycles. The van der Waals surface area contributed by atoms with Crippen LogP contribution < -0.4 is 0 Å². The predicted molar refractivity (Wildman–Crippen MR) is 91.0 cm³/mol. The molecule has 3 aromatic rings. The van der Waals surface area contributed by atoms with Gasteiger partial charge < -0.3 is 0 Å². The summed E-state index contributed by atoms with van der Waals surface area (Å²) in [5.41, 5.74) is 2.76. The summed E-state index contributed by atoms with van der Waals surface area (Å²) in [7, 11) is 0. The van der Waals surface area contributed by atoms with Crippen LogP contribution in [-0.4, -0.2) is 0 Å². The van der Waals surface area contributed by atoms with Crippen LogP contribution in [0.3, 0.4) is 0 Å². The maximum absolute atomic E-state index is 2.27. The van der Waals surface area contributed by atoms with E-state index < -0.39 is 0 Å². The first-order valence-electron chi connectivity index (χ1n) is 6.61. The molecule has 2 heteroatoms. The number of thioether (sulfide) groups is 2. The van der Waals surface area contributed by atoms with Crippen molar-refractivity contribution in [2.75, 3.05) is 0 Å². The van der Waals surface area contributed by atoms with Crippen molar-refractivity contribution in [1.29, 1.82) is 0 Å². The fourth-order valence-electron chi connectivity index (χ4n) is 3.23. The van der Waals surface area contributed by atoms with E-state index in [9.17, 15) is 0 Å².